The van der Waals surface area contributed by atoms with E-state index in [2.05, 4.69) is 13.8 Å². The molecule has 100 valence electrons. The van der Waals surface area contributed by atoms with Gasteiger partial charge in [0.05, 0.1) is 5.92 Å². The lowest BCUT2D eigenvalue weighted by molar-refractivity contribution is -0.131. The SMILES string of the molecule is CC12CCC(C(C3=CC(=O)C=CC3=O)C1=O)C2(C)C. The summed E-state index contributed by atoms with van der Waals surface area (Å²) in [5.41, 5.74) is -0.0349. The van der Waals surface area contributed by atoms with Crippen molar-refractivity contribution in [3.05, 3.63) is 23.8 Å². The van der Waals surface area contributed by atoms with E-state index >= 15 is 0 Å². The molecular formula is C16H18O3. The van der Waals surface area contributed by atoms with Gasteiger partial charge in [-0.05, 0) is 42.4 Å². The minimum atomic E-state index is -0.379. The summed E-state index contributed by atoms with van der Waals surface area (Å²) in [5, 5.41) is 0. The molecule has 0 amide bonds. The van der Waals surface area contributed by atoms with Crippen molar-refractivity contribution in [2.45, 2.75) is 33.6 Å². The number of carbonyl (C=O) groups excluding carboxylic acids is 3. The van der Waals surface area contributed by atoms with E-state index in [9.17, 15) is 14.4 Å². The van der Waals surface area contributed by atoms with Gasteiger partial charge in [0.1, 0.15) is 5.78 Å². The first-order valence-corrected chi connectivity index (χ1v) is 6.81. The number of Topliss-reactive ketones (excluding diaryl/α,β-unsaturated/α-hetero) is 1. The van der Waals surface area contributed by atoms with Gasteiger partial charge in [-0.1, -0.05) is 20.8 Å². The average molecular weight is 258 g/mol. The Morgan fingerprint density at radius 2 is 1.79 bits per heavy atom. The lowest BCUT2D eigenvalue weighted by atomic mass is 9.70. The minimum Gasteiger partial charge on any atom is -0.298 e. The second-order valence-electron chi connectivity index (χ2n) is 6.74. The first-order valence-electron chi connectivity index (χ1n) is 6.81. The number of ketones is 3. The number of hydrogen-bond acceptors (Lipinski definition) is 3. The van der Waals surface area contributed by atoms with E-state index in [1.807, 2.05) is 6.92 Å². The quantitative estimate of drug-likeness (QED) is 0.678. The number of allylic oxidation sites excluding steroid dienone is 4. The number of hydrogen-bond donors (Lipinski definition) is 0. The third-order valence-corrected chi connectivity index (χ3v) is 5.85. The normalized spacial score (nSPS) is 39.9. The van der Waals surface area contributed by atoms with Crippen molar-refractivity contribution < 1.29 is 14.4 Å². The molecule has 2 bridgehead atoms. The topological polar surface area (TPSA) is 51.2 Å². The van der Waals surface area contributed by atoms with E-state index in [0.717, 1.165) is 12.8 Å². The maximum Gasteiger partial charge on any atom is 0.182 e. The number of fused-ring (bicyclic) bond motifs is 2. The molecule has 2 saturated carbocycles. The summed E-state index contributed by atoms with van der Waals surface area (Å²) in [5.74, 6) is -0.413. The lowest BCUT2D eigenvalue weighted by Crippen LogP contribution is -2.34. The molecule has 3 rings (SSSR count). The zero-order valence-corrected chi connectivity index (χ0v) is 11.5. The summed E-state index contributed by atoms with van der Waals surface area (Å²) in [6.45, 7) is 6.25. The second kappa shape index (κ2) is 3.53. The molecule has 0 radical (unpaired) electrons. The third kappa shape index (κ3) is 1.36. The summed E-state index contributed by atoms with van der Waals surface area (Å²) in [6.07, 6.45) is 5.79. The highest BCUT2D eigenvalue weighted by molar-refractivity contribution is 6.20. The maximum absolute atomic E-state index is 12.7. The maximum atomic E-state index is 12.7. The van der Waals surface area contributed by atoms with Crippen molar-refractivity contribution in [3.8, 4) is 0 Å². The summed E-state index contributed by atoms with van der Waals surface area (Å²) in [4.78, 5) is 36.2. The van der Waals surface area contributed by atoms with Crippen LogP contribution < -0.4 is 0 Å². The van der Waals surface area contributed by atoms with Crippen molar-refractivity contribution in [1.29, 1.82) is 0 Å². The molecule has 0 heterocycles. The van der Waals surface area contributed by atoms with Crippen LogP contribution in [-0.4, -0.2) is 17.3 Å². The van der Waals surface area contributed by atoms with Crippen LogP contribution in [0.4, 0.5) is 0 Å². The van der Waals surface area contributed by atoms with Crippen LogP contribution in [0.5, 0.6) is 0 Å². The Bertz CT molecular complexity index is 565. The highest BCUT2D eigenvalue weighted by Crippen LogP contribution is 2.67. The van der Waals surface area contributed by atoms with Crippen LogP contribution in [0.15, 0.2) is 23.8 Å². The lowest BCUT2D eigenvalue weighted by Gasteiger charge is -2.32. The van der Waals surface area contributed by atoms with Gasteiger partial charge in [-0.15, -0.1) is 0 Å². The zero-order chi connectivity index (χ0) is 14.0. The van der Waals surface area contributed by atoms with Crippen molar-refractivity contribution in [2.75, 3.05) is 0 Å². The Morgan fingerprint density at radius 1 is 1.11 bits per heavy atom. The first kappa shape index (κ1) is 12.5. The fourth-order valence-corrected chi connectivity index (χ4v) is 4.21. The van der Waals surface area contributed by atoms with E-state index in [1.165, 1.54) is 18.2 Å². The monoisotopic (exact) mass is 258 g/mol. The van der Waals surface area contributed by atoms with Gasteiger partial charge in [0.15, 0.2) is 11.6 Å². The summed E-state index contributed by atoms with van der Waals surface area (Å²) >= 11 is 0. The van der Waals surface area contributed by atoms with E-state index in [0.29, 0.717) is 5.57 Å². The first-order chi connectivity index (χ1) is 8.79. The molecule has 0 aromatic rings. The van der Waals surface area contributed by atoms with E-state index in [1.54, 1.807) is 0 Å². The van der Waals surface area contributed by atoms with Crippen LogP contribution in [0, 0.1) is 22.7 Å². The van der Waals surface area contributed by atoms with Gasteiger partial charge in [-0.3, -0.25) is 14.4 Å². The Labute approximate surface area is 112 Å². The second-order valence-corrected chi connectivity index (χ2v) is 6.74. The minimum absolute atomic E-state index is 0.0971. The van der Waals surface area contributed by atoms with Crippen molar-refractivity contribution in [2.24, 2.45) is 22.7 Å². The standard InChI is InChI=1S/C16H18O3/c1-15(2)11-6-7-16(15,3)14(19)13(11)10-8-9(17)4-5-12(10)18/h4-5,8,11,13H,6-7H2,1-3H3. The Balaban J connectivity index is 2.07. The predicted octanol–water partition coefficient (Wildman–Crippen LogP) is 2.26. The molecule has 3 unspecified atom stereocenters. The largest absolute Gasteiger partial charge is 0.298 e. The molecule has 0 spiro atoms. The highest BCUT2D eigenvalue weighted by atomic mass is 16.1. The molecule has 3 aliphatic carbocycles. The average Bonchev–Trinajstić information content (AvgIpc) is 2.65. The predicted molar refractivity (Wildman–Crippen MR) is 70.3 cm³/mol. The van der Waals surface area contributed by atoms with Crippen LogP contribution in [0.25, 0.3) is 0 Å². The fraction of sp³-hybridized carbons (Fsp3) is 0.562. The highest BCUT2D eigenvalue weighted by Gasteiger charge is 2.67. The Kier molecular flexibility index (Phi) is 2.32. The van der Waals surface area contributed by atoms with Gasteiger partial charge in [0, 0.05) is 11.0 Å². The Hall–Kier alpha value is -1.51. The van der Waals surface area contributed by atoms with Gasteiger partial charge in [-0.25, -0.2) is 0 Å². The van der Waals surface area contributed by atoms with Crippen molar-refractivity contribution in [3.63, 3.8) is 0 Å². The molecule has 2 fully saturated rings. The molecule has 0 aromatic carbocycles. The fourth-order valence-electron chi connectivity index (χ4n) is 4.21. The van der Waals surface area contributed by atoms with Gasteiger partial charge in [0.2, 0.25) is 0 Å². The third-order valence-electron chi connectivity index (χ3n) is 5.85. The van der Waals surface area contributed by atoms with Crippen molar-refractivity contribution in [1.82, 2.24) is 0 Å². The molecular weight excluding hydrogens is 240 g/mol. The smallest absolute Gasteiger partial charge is 0.182 e. The van der Waals surface area contributed by atoms with E-state index < -0.39 is 0 Å². The number of rotatable bonds is 1. The van der Waals surface area contributed by atoms with Crippen LogP contribution in [0.1, 0.15) is 33.6 Å². The molecule has 19 heavy (non-hydrogen) atoms. The molecule has 3 nitrogen and oxygen atoms in total. The summed E-state index contributed by atoms with van der Waals surface area (Å²) in [7, 11) is 0. The summed E-state index contributed by atoms with van der Waals surface area (Å²) in [6, 6.07) is 0. The molecule has 0 saturated heterocycles. The molecule has 3 atom stereocenters. The molecule has 3 aliphatic rings. The van der Waals surface area contributed by atoms with Gasteiger partial charge < -0.3 is 0 Å². The molecule has 0 aliphatic heterocycles. The van der Waals surface area contributed by atoms with Gasteiger partial charge in [0.25, 0.3) is 0 Å². The van der Waals surface area contributed by atoms with Crippen LogP contribution in [0.3, 0.4) is 0 Å². The Morgan fingerprint density at radius 3 is 2.37 bits per heavy atom. The van der Waals surface area contributed by atoms with E-state index in [-0.39, 0.29) is 40.0 Å². The van der Waals surface area contributed by atoms with Crippen LogP contribution in [-0.2, 0) is 14.4 Å². The van der Waals surface area contributed by atoms with Crippen LogP contribution in [0.2, 0.25) is 0 Å². The summed E-state index contributed by atoms with van der Waals surface area (Å²) < 4.78 is 0. The molecule has 0 N–H and O–H groups in total. The van der Waals surface area contributed by atoms with Gasteiger partial charge >= 0.3 is 0 Å². The van der Waals surface area contributed by atoms with Gasteiger partial charge in [-0.2, -0.15) is 0 Å². The molecule has 0 aromatic heterocycles. The van der Waals surface area contributed by atoms with Crippen molar-refractivity contribution >= 4 is 17.3 Å². The zero-order valence-electron chi connectivity index (χ0n) is 11.5. The molecule has 3 heteroatoms. The van der Waals surface area contributed by atoms with Crippen LogP contribution >= 0.6 is 0 Å². The van der Waals surface area contributed by atoms with E-state index in [4.69, 9.17) is 0 Å². The number of carbonyl (C=O) groups is 3.